The molecule has 88 valence electrons. The highest BCUT2D eigenvalue weighted by molar-refractivity contribution is 5.49. The zero-order valence-electron chi connectivity index (χ0n) is 9.43. The van der Waals surface area contributed by atoms with Gasteiger partial charge in [-0.05, 0) is 6.07 Å². The van der Waals surface area contributed by atoms with Crippen molar-refractivity contribution in [1.82, 2.24) is 19.7 Å². The van der Waals surface area contributed by atoms with Crippen LogP contribution in [-0.4, -0.2) is 26.4 Å². The molecule has 1 N–H and O–H groups in total. The van der Waals surface area contributed by atoms with Crippen molar-refractivity contribution in [3.63, 3.8) is 0 Å². The Kier molecular flexibility index (Phi) is 2.29. The fourth-order valence-electron chi connectivity index (χ4n) is 1.97. The van der Waals surface area contributed by atoms with Crippen LogP contribution in [0.15, 0.2) is 17.1 Å². The minimum Gasteiger partial charge on any atom is -0.376 e. The first-order valence-corrected chi connectivity index (χ1v) is 5.44. The summed E-state index contributed by atoms with van der Waals surface area (Å²) in [6.07, 6.45) is 2.36. The first-order valence-electron chi connectivity index (χ1n) is 5.44. The maximum Gasteiger partial charge on any atom is 0.256 e. The largest absolute Gasteiger partial charge is 0.376 e. The summed E-state index contributed by atoms with van der Waals surface area (Å²) >= 11 is 0. The van der Waals surface area contributed by atoms with Crippen molar-refractivity contribution in [3.05, 3.63) is 33.9 Å². The number of nitrogens with zero attached hydrogens (tertiary/aromatic N) is 3. The van der Waals surface area contributed by atoms with Gasteiger partial charge in [0.2, 0.25) is 0 Å². The fourth-order valence-corrected chi connectivity index (χ4v) is 1.97. The first-order chi connectivity index (χ1) is 8.25. The van der Waals surface area contributed by atoms with Gasteiger partial charge < -0.3 is 9.72 Å². The van der Waals surface area contributed by atoms with Crippen LogP contribution >= 0.6 is 0 Å². The Balaban J connectivity index is 2.17. The number of aromatic amines is 1. The van der Waals surface area contributed by atoms with Gasteiger partial charge in [-0.3, -0.25) is 9.48 Å². The molecule has 0 fully saturated rings. The molecular weight excluding hydrogens is 220 g/mol. The van der Waals surface area contributed by atoms with Gasteiger partial charge in [-0.1, -0.05) is 0 Å². The lowest BCUT2D eigenvalue weighted by Crippen LogP contribution is -2.24. The summed E-state index contributed by atoms with van der Waals surface area (Å²) in [6.45, 7) is 0.970. The Hall–Kier alpha value is -1.95. The Morgan fingerprint density at radius 2 is 2.41 bits per heavy atom. The van der Waals surface area contributed by atoms with Crippen LogP contribution in [0.4, 0.5) is 0 Å². The first kappa shape index (κ1) is 10.2. The number of hydrogen-bond acceptors (Lipinski definition) is 4. The van der Waals surface area contributed by atoms with E-state index in [1.807, 2.05) is 13.1 Å². The van der Waals surface area contributed by atoms with Gasteiger partial charge in [0.05, 0.1) is 24.5 Å². The van der Waals surface area contributed by atoms with Gasteiger partial charge in [0, 0.05) is 19.7 Å². The molecule has 0 amide bonds. The van der Waals surface area contributed by atoms with Crippen LogP contribution < -0.4 is 5.56 Å². The van der Waals surface area contributed by atoms with Gasteiger partial charge in [0.25, 0.3) is 5.56 Å². The topological polar surface area (TPSA) is 72.8 Å². The van der Waals surface area contributed by atoms with E-state index in [1.165, 1.54) is 0 Å². The number of H-pyrrole nitrogens is 1. The zero-order valence-corrected chi connectivity index (χ0v) is 9.43. The molecule has 0 unspecified atom stereocenters. The Labute approximate surface area is 97.3 Å². The Morgan fingerprint density at radius 3 is 3.18 bits per heavy atom. The number of aryl methyl sites for hydroxylation is 1. The second-order valence-corrected chi connectivity index (χ2v) is 3.98. The molecular formula is C11H12N4O2. The number of aromatic nitrogens is 4. The molecule has 0 radical (unpaired) electrons. The molecule has 6 heteroatoms. The minimum absolute atomic E-state index is 0.120. The van der Waals surface area contributed by atoms with E-state index in [0.29, 0.717) is 31.0 Å². The van der Waals surface area contributed by atoms with E-state index in [1.54, 1.807) is 10.9 Å². The number of hydrogen-bond donors (Lipinski definition) is 1. The smallest absolute Gasteiger partial charge is 0.256 e. The lowest BCUT2D eigenvalue weighted by molar-refractivity contribution is 0.108. The maximum atomic E-state index is 11.9. The third-order valence-corrected chi connectivity index (χ3v) is 2.89. The average molecular weight is 232 g/mol. The van der Waals surface area contributed by atoms with Crippen molar-refractivity contribution in [3.8, 4) is 11.5 Å². The van der Waals surface area contributed by atoms with Gasteiger partial charge in [0.15, 0.2) is 5.82 Å². The van der Waals surface area contributed by atoms with E-state index in [0.717, 1.165) is 11.4 Å². The van der Waals surface area contributed by atoms with Crippen LogP contribution in [0.25, 0.3) is 11.5 Å². The van der Waals surface area contributed by atoms with Gasteiger partial charge >= 0.3 is 0 Å². The average Bonchev–Trinajstić information content (AvgIpc) is 2.75. The second-order valence-electron chi connectivity index (χ2n) is 3.98. The predicted octanol–water partition coefficient (Wildman–Crippen LogP) is 0.243. The van der Waals surface area contributed by atoms with Crippen molar-refractivity contribution < 1.29 is 4.74 Å². The van der Waals surface area contributed by atoms with E-state index in [2.05, 4.69) is 15.1 Å². The third-order valence-electron chi connectivity index (χ3n) is 2.89. The van der Waals surface area contributed by atoms with E-state index in [4.69, 9.17) is 4.74 Å². The fraction of sp³-hybridized carbons (Fsp3) is 0.364. The molecule has 0 aromatic carbocycles. The van der Waals surface area contributed by atoms with Crippen molar-refractivity contribution in [1.29, 1.82) is 0 Å². The van der Waals surface area contributed by atoms with Crippen LogP contribution in [-0.2, 0) is 24.8 Å². The maximum absolute atomic E-state index is 11.9. The van der Waals surface area contributed by atoms with E-state index in [-0.39, 0.29) is 5.56 Å². The lowest BCUT2D eigenvalue weighted by Gasteiger charge is -2.15. The van der Waals surface area contributed by atoms with Crippen LogP contribution in [0.1, 0.15) is 11.3 Å². The van der Waals surface area contributed by atoms with Crippen LogP contribution in [0.3, 0.4) is 0 Å². The Morgan fingerprint density at radius 1 is 1.53 bits per heavy atom. The van der Waals surface area contributed by atoms with E-state index >= 15 is 0 Å². The summed E-state index contributed by atoms with van der Waals surface area (Å²) in [6, 6.07) is 1.82. The number of fused-ring (bicyclic) bond motifs is 1. The SMILES string of the molecule is Cn1nccc1-c1nc2c(c(=O)[nH]1)COCC2. The van der Waals surface area contributed by atoms with Crippen molar-refractivity contribution in [2.75, 3.05) is 6.61 Å². The summed E-state index contributed by atoms with van der Waals surface area (Å²) in [5, 5.41) is 4.06. The number of nitrogens with one attached hydrogen (secondary N) is 1. The molecule has 1 aliphatic rings. The molecule has 0 bridgehead atoms. The van der Waals surface area contributed by atoms with Gasteiger partial charge in [-0.2, -0.15) is 5.10 Å². The summed E-state index contributed by atoms with van der Waals surface area (Å²) < 4.78 is 6.94. The third kappa shape index (κ3) is 1.66. The summed E-state index contributed by atoms with van der Waals surface area (Å²) in [7, 11) is 1.82. The summed E-state index contributed by atoms with van der Waals surface area (Å²) in [4.78, 5) is 19.1. The second kappa shape index (κ2) is 3.81. The van der Waals surface area contributed by atoms with Crippen LogP contribution in [0.2, 0.25) is 0 Å². The molecule has 2 aromatic rings. The molecule has 0 aliphatic carbocycles. The van der Waals surface area contributed by atoms with Gasteiger partial charge in [0.1, 0.15) is 5.69 Å². The van der Waals surface area contributed by atoms with Crippen LogP contribution in [0.5, 0.6) is 0 Å². The molecule has 17 heavy (non-hydrogen) atoms. The number of ether oxygens (including phenoxy) is 1. The molecule has 0 spiro atoms. The van der Waals surface area contributed by atoms with Gasteiger partial charge in [-0.25, -0.2) is 4.98 Å². The summed E-state index contributed by atoms with van der Waals surface area (Å²) in [5.74, 6) is 0.565. The normalized spacial score (nSPS) is 14.6. The standard InChI is InChI=1S/C11H12N4O2/c1-15-9(2-4-12-15)10-13-8-3-5-17-6-7(8)11(16)14-10/h2,4H,3,5-6H2,1H3,(H,13,14,16). The molecule has 1 aliphatic heterocycles. The van der Waals surface area contributed by atoms with Crippen molar-refractivity contribution >= 4 is 0 Å². The highest BCUT2D eigenvalue weighted by Gasteiger charge is 2.17. The van der Waals surface area contributed by atoms with E-state index < -0.39 is 0 Å². The molecule has 3 rings (SSSR count). The van der Waals surface area contributed by atoms with Crippen LogP contribution in [0, 0.1) is 0 Å². The molecule has 0 atom stereocenters. The molecule has 2 aromatic heterocycles. The monoisotopic (exact) mass is 232 g/mol. The van der Waals surface area contributed by atoms with Gasteiger partial charge in [-0.15, -0.1) is 0 Å². The minimum atomic E-state index is -0.120. The van der Waals surface area contributed by atoms with Crippen molar-refractivity contribution in [2.24, 2.45) is 7.05 Å². The Bertz CT molecular complexity index is 614. The quantitative estimate of drug-likeness (QED) is 0.764. The van der Waals surface area contributed by atoms with E-state index in [9.17, 15) is 4.79 Å². The van der Waals surface area contributed by atoms with Crippen molar-refractivity contribution in [2.45, 2.75) is 13.0 Å². The molecule has 0 saturated heterocycles. The number of rotatable bonds is 1. The molecule has 3 heterocycles. The summed E-state index contributed by atoms with van der Waals surface area (Å²) in [5.41, 5.74) is 2.15. The molecule has 6 nitrogen and oxygen atoms in total. The zero-order chi connectivity index (χ0) is 11.8. The highest BCUT2D eigenvalue weighted by Crippen LogP contribution is 2.16. The lowest BCUT2D eigenvalue weighted by atomic mass is 10.1. The predicted molar refractivity (Wildman–Crippen MR) is 60.4 cm³/mol. The highest BCUT2D eigenvalue weighted by atomic mass is 16.5. The molecule has 0 saturated carbocycles.